The number of hydrogen-bond donors (Lipinski definition) is 1. The largest absolute Gasteiger partial charge is 0.337 e. The Morgan fingerprint density at radius 2 is 2.00 bits per heavy atom. The molecule has 0 bridgehead atoms. The average Bonchev–Trinajstić information content (AvgIpc) is 3.42. The van der Waals surface area contributed by atoms with Crippen molar-refractivity contribution < 1.29 is 9.32 Å². The van der Waals surface area contributed by atoms with Crippen molar-refractivity contribution in [2.24, 2.45) is 0 Å². The highest BCUT2D eigenvalue weighted by Gasteiger charge is 2.36. The lowest BCUT2D eigenvalue weighted by molar-refractivity contribution is -0.129. The first kappa shape index (κ1) is 16.7. The molecule has 1 saturated heterocycles. The lowest BCUT2D eigenvalue weighted by Crippen LogP contribution is -2.27. The molecule has 5 rings (SSSR count). The zero-order valence-electron chi connectivity index (χ0n) is 15.4. The Bertz CT molecular complexity index is 1150. The maximum absolute atomic E-state index is 12.5. The number of aromatic nitrogens is 4. The van der Waals surface area contributed by atoms with E-state index in [-0.39, 0.29) is 11.9 Å². The molecule has 0 saturated carbocycles. The quantitative estimate of drug-likeness (QED) is 0.588. The zero-order chi connectivity index (χ0) is 19.1. The first-order valence-electron chi connectivity index (χ1n) is 9.31. The van der Waals surface area contributed by atoms with Gasteiger partial charge in [-0.3, -0.25) is 9.89 Å². The Morgan fingerprint density at radius 3 is 2.86 bits per heavy atom. The summed E-state index contributed by atoms with van der Waals surface area (Å²) in [4.78, 5) is 18.9. The molecule has 0 radical (unpaired) electrons. The van der Waals surface area contributed by atoms with E-state index in [1.165, 1.54) is 5.56 Å². The van der Waals surface area contributed by atoms with Crippen LogP contribution < -0.4 is 0 Å². The molecule has 1 atom stereocenters. The summed E-state index contributed by atoms with van der Waals surface area (Å²) < 4.78 is 5.55. The summed E-state index contributed by atoms with van der Waals surface area (Å²) in [6.07, 6.45) is 1.16. The van der Waals surface area contributed by atoms with Gasteiger partial charge in [-0.05, 0) is 25.0 Å². The lowest BCUT2D eigenvalue weighted by Gasteiger charge is -2.22. The Labute approximate surface area is 161 Å². The fraction of sp³-hybridized carbons (Fsp3) is 0.238. The molecule has 7 nitrogen and oxygen atoms in total. The fourth-order valence-corrected chi connectivity index (χ4v) is 3.68. The van der Waals surface area contributed by atoms with Crippen LogP contribution in [-0.4, -0.2) is 31.1 Å². The standard InChI is InChI=1S/C21H19N5O2/c1-13-6-8-14(9-7-13)12-26-17(10-11-18(26)27)21-22-20(25-28-21)19-15-4-2-3-5-16(15)23-24-19/h2-9,17H,10-12H2,1H3,(H,23,24). The molecule has 4 aromatic rings. The van der Waals surface area contributed by atoms with Crippen molar-refractivity contribution in [3.8, 4) is 11.5 Å². The number of carbonyl (C=O) groups is 1. The maximum atomic E-state index is 12.5. The summed E-state index contributed by atoms with van der Waals surface area (Å²) in [6.45, 7) is 2.58. The summed E-state index contributed by atoms with van der Waals surface area (Å²) in [5.41, 5.74) is 3.85. The van der Waals surface area contributed by atoms with E-state index in [4.69, 9.17) is 4.52 Å². The van der Waals surface area contributed by atoms with Gasteiger partial charge in [0.2, 0.25) is 17.6 Å². The van der Waals surface area contributed by atoms with Gasteiger partial charge in [0.1, 0.15) is 11.7 Å². The second-order valence-corrected chi connectivity index (χ2v) is 7.14. The van der Waals surface area contributed by atoms with Gasteiger partial charge in [0.25, 0.3) is 0 Å². The maximum Gasteiger partial charge on any atom is 0.249 e. The molecule has 2 aromatic carbocycles. The fourth-order valence-electron chi connectivity index (χ4n) is 3.68. The third-order valence-electron chi connectivity index (χ3n) is 5.21. The number of H-pyrrole nitrogens is 1. The third kappa shape index (κ3) is 2.85. The molecule has 140 valence electrons. The number of likely N-dealkylation sites (tertiary alicyclic amines) is 1. The number of aromatic amines is 1. The van der Waals surface area contributed by atoms with E-state index in [9.17, 15) is 4.79 Å². The molecule has 1 N–H and O–H groups in total. The highest BCUT2D eigenvalue weighted by atomic mass is 16.5. The molecular formula is C21H19N5O2. The van der Waals surface area contributed by atoms with Gasteiger partial charge >= 0.3 is 0 Å². The number of hydrogen-bond acceptors (Lipinski definition) is 5. The number of nitrogens with zero attached hydrogens (tertiary/aromatic N) is 4. The predicted octanol–water partition coefficient (Wildman–Crippen LogP) is 3.79. The smallest absolute Gasteiger partial charge is 0.249 e. The van der Waals surface area contributed by atoms with Gasteiger partial charge in [-0.15, -0.1) is 0 Å². The van der Waals surface area contributed by atoms with E-state index in [2.05, 4.69) is 32.5 Å². The van der Waals surface area contributed by atoms with Crippen LogP contribution in [0.2, 0.25) is 0 Å². The number of rotatable bonds is 4. The Morgan fingerprint density at radius 1 is 1.18 bits per heavy atom. The molecule has 0 spiro atoms. The van der Waals surface area contributed by atoms with Gasteiger partial charge in [0.05, 0.1) is 5.52 Å². The van der Waals surface area contributed by atoms with Crippen LogP contribution in [0, 0.1) is 6.92 Å². The minimum Gasteiger partial charge on any atom is -0.337 e. The zero-order valence-corrected chi connectivity index (χ0v) is 15.4. The number of aryl methyl sites for hydroxylation is 1. The summed E-state index contributed by atoms with van der Waals surface area (Å²) in [6, 6.07) is 15.8. The SMILES string of the molecule is Cc1ccc(CN2C(=O)CCC2c2nc(-c3n[nH]c4ccccc34)no2)cc1. The van der Waals surface area contributed by atoms with Crippen LogP contribution in [0.25, 0.3) is 22.4 Å². The van der Waals surface area contributed by atoms with Gasteiger partial charge in [0.15, 0.2) is 0 Å². The molecule has 28 heavy (non-hydrogen) atoms. The van der Waals surface area contributed by atoms with Crippen LogP contribution in [0.1, 0.15) is 35.9 Å². The van der Waals surface area contributed by atoms with E-state index >= 15 is 0 Å². The van der Waals surface area contributed by atoms with E-state index in [1.807, 2.05) is 48.2 Å². The summed E-state index contributed by atoms with van der Waals surface area (Å²) >= 11 is 0. The number of amides is 1. The van der Waals surface area contributed by atoms with Gasteiger partial charge in [-0.1, -0.05) is 53.2 Å². The highest BCUT2D eigenvalue weighted by Crippen LogP contribution is 2.34. The van der Waals surface area contributed by atoms with Crippen LogP contribution >= 0.6 is 0 Å². The summed E-state index contributed by atoms with van der Waals surface area (Å²) in [5.74, 6) is 0.998. The second-order valence-electron chi connectivity index (χ2n) is 7.14. The molecule has 1 aliphatic rings. The van der Waals surface area contributed by atoms with E-state index < -0.39 is 0 Å². The molecule has 3 heterocycles. The van der Waals surface area contributed by atoms with Crippen LogP contribution in [0.4, 0.5) is 0 Å². The van der Waals surface area contributed by atoms with Crippen LogP contribution in [0.15, 0.2) is 53.1 Å². The second kappa shape index (κ2) is 6.60. The number of para-hydroxylation sites is 1. The molecule has 0 aliphatic carbocycles. The minimum atomic E-state index is -0.208. The lowest BCUT2D eigenvalue weighted by atomic mass is 10.1. The first-order valence-corrected chi connectivity index (χ1v) is 9.31. The number of nitrogens with one attached hydrogen (secondary N) is 1. The summed E-state index contributed by atoms with van der Waals surface area (Å²) in [5, 5.41) is 12.4. The van der Waals surface area contributed by atoms with Crippen molar-refractivity contribution in [3.63, 3.8) is 0 Å². The van der Waals surface area contributed by atoms with Gasteiger partial charge in [0, 0.05) is 18.4 Å². The van der Waals surface area contributed by atoms with Crippen LogP contribution in [0.5, 0.6) is 0 Å². The van der Waals surface area contributed by atoms with E-state index in [0.29, 0.717) is 36.8 Å². The molecule has 1 aliphatic heterocycles. The summed E-state index contributed by atoms with van der Waals surface area (Å²) in [7, 11) is 0. The molecular weight excluding hydrogens is 354 g/mol. The monoisotopic (exact) mass is 373 g/mol. The number of fused-ring (bicyclic) bond motifs is 1. The molecule has 2 aromatic heterocycles. The predicted molar refractivity (Wildman–Crippen MR) is 103 cm³/mol. The van der Waals surface area contributed by atoms with Gasteiger partial charge in [-0.25, -0.2) is 0 Å². The van der Waals surface area contributed by atoms with Crippen molar-refractivity contribution in [2.75, 3.05) is 0 Å². The van der Waals surface area contributed by atoms with E-state index in [1.54, 1.807) is 0 Å². The number of carbonyl (C=O) groups excluding carboxylic acids is 1. The van der Waals surface area contributed by atoms with Crippen LogP contribution in [-0.2, 0) is 11.3 Å². The Balaban J connectivity index is 1.44. The first-order chi connectivity index (χ1) is 13.7. The Hall–Kier alpha value is -3.48. The van der Waals surface area contributed by atoms with Crippen molar-refractivity contribution >= 4 is 16.8 Å². The average molecular weight is 373 g/mol. The highest BCUT2D eigenvalue weighted by molar-refractivity contribution is 5.90. The van der Waals surface area contributed by atoms with Crippen molar-refractivity contribution in [1.82, 2.24) is 25.2 Å². The Kier molecular flexibility index (Phi) is 3.93. The van der Waals surface area contributed by atoms with Crippen molar-refractivity contribution in [1.29, 1.82) is 0 Å². The van der Waals surface area contributed by atoms with Crippen molar-refractivity contribution in [3.05, 3.63) is 65.5 Å². The van der Waals surface area contributed by atoms with Gasteiger partial charge < -0.3 is 9.42 Å². The molecule has 1 unspecified atom stereocenters. The minimum absolute atomic E-state index is 0.107. The molecule has 7 heteroatoms. The topological polar surface area (TPSA) is 87.9 Å². The third-order valence-corrected chi connectivity index (χ3v) is 5.21. The van der Waals surface area contributed by atoms with Crippen molar-refractivity contribution in [2.45, 2.75) is 32.4 Å². The van der Waals surface area contributed by atoms with Crippen LogP contribution in [0.3, 0.4) is 0 Å². The normalized spacial score (nSPS) is 17.0. The number of benzene rings is 2. The van der Waals surface area contributed by atoms with E-state index in [0.717, 1.165) is 16.5 Å². The molecule has 1 fully saturated rings. The molecule has 1 amide bonds. The van der Waals surface area contributed by atoms with Gasteiger partial charge in [-0.2, -0.15) is 10.1 Å².